The summed E-state index contributed by atoms with van der Waals surface area (Å²) in [6, 6.07) is 5.68. The third kappa shape index (κ3) is 2.36. The minimum absolute atomic E-state index is 0.284. The Hall–Kier alpha value is -0.730. The van der Waals surface area contributed by atoms with Crippen molar-refractivity contribution in [2.24, 2.45) is 17.1 Å². The van der Waals surface area contributed by atoms with Gasteiger partial charge in [-0.25, -0.2) is 0 Å². The second-order valence-corrected chi connectivity index (χ2v) is 6.91. The van der Waals surface area contributed by atoms with E-state index >= 15 is 0 Å². The lowest BCUT2D eigenvalue weighted by molar-refractivity contribution is 0.0474. The van der Waals surface area contributed by atoms with E-state index in [1.165, 1.54) is 0 Å². The number of halogens is 1. The molecule has 2 rings (SSSR count). The molecule has 0 aromatic heterocycles. The molecule has 18 heavy (non-hydrogen) atoms. The van der Waals surface area contributed by atoms with Crippen LogP contribution < -0.4 is 10.5 Å². The fraction of sp³-hybridized carbons (Fsp3) is 0.600. The molecule has 0 heterocycles. The molecule has 0 amide bonds. The molecule has 0 radical (unpaired) electrons. The van der Waals surface area contributed by atoms with Gasteiger partial charge in [0.15, 0.2) is 0 Å². The smallest absolute Gasteiger partial charge is 0.124 e. The number of benzene rings is 1. The van der Waals surface area contributed by atoms with Crippen LogP contribution in [0, 0.1) is 11.3 Å². The van der Waals surface area contributed by atoms with E-state index < -0.39 is 0 Å². The Balaban J connectivity index is 2.26. The lowest BCUT2D eigenvalue weighted by Crippen LogP contribution is -2.52. The van der Waals surface area contributed by atoms with E-state index in [2.05, 4.69) is 20.8 Å². The first-order valence-corrected chi connectivity index (χ1v) is 6.77. The van der Waals surface area contributed by atoms with Crippen LogP contribution in [0.5, 0.6) is 5.75 Å². The van der Waals surface area contributed by atoms with Crippen molar-refractivity contribution in [3.05, 3.63) is 28.8 Å². The second-order valence-electron chi connectivity index (χ2n) is 6.47. The molecule has 0 bridgehead atoms. The second kappa shape index (κ2) is 4.43. The molecule has 3 heteroatoms. The van der Waals surface area contributed by atoms with E-state index in [0.29, 0.717) is 11.3 Å². The molecule has 0 atom stereocenters. The maximum Gasteiger partial charge on any atom is 0.124 e. The monoisotopic (exact) mass is 267 g/mol. The molecule has 2 N–H and O–H groups in total. The van der Waals surface area contributed by atoms with Crippen LogP contribution in [-0.2, 0) is 5.54 Å². The molecule has 100 valence electrons. The summed E-state index contributed by atoms with van der Waals surface area (Å²) in [5.41, 5.74) is 7.59. The zero-order valence-corrected chi connectivity index (χ0v) is 12.3. The average molecular weight is 268 g/mol. The third-order valence-corrected chi connectivity index (χ3v) is 4.38. The van der Waals surface area contributed by atoms with Gasteiger partial charge >= 0.3 is 0 Å². The Labute approximate surface area is 114 Å². The number of rotatable bonds is 2. The molecule has 1 aliphatic rings. The van der Waals surface area contributed by atoms with E-state index in [4.69, 9.17) is 22.1 Å². The predicted octanol–water partition coefficient (Wildman–Crippen LogP) is 3.96. The van der Waals surface area contributed by atoms with Crippen LogP contribution in [0.15, 0.2) is 18.2 Å². The maximum absolute atomic E-state index is 6.52. The number of ether oxygens (including phenoxy) is 1. The van der Waals surface area contributed by atoms with Crippen molar-refractivity contribution in [2.75, 3.05) is 7.11 Å². The van der Waals surface area contributed by atoms with Crippen LogP contribution in [0.4, 0.5) is 0 Å². The Bertz CT molecular complexity index is 444. The molecule has 0 spiro atoms. The summed E-state index contributed by atoms with van der Waals surface area (Å²) in [6.07, 6.45) is 1.99. The van der Waals surface area contributed by atoms with Gasteiger partial charge in [-0.3, -0.25) is 0 Å². The van der Waals surface area contributed by atoms with E-state index in [0.717, 1.165) is 29.2 Å². The van der Waals surface area contributed by atoms with Crippen molar-refractivity contribution < 1.29 is 4.74 Å². The van der Waals surface area contributed by atoms with Gasteiger partial charge in [-0.2, -0.15) is 0 Å². The van der Waals surface area contributed by atoms with Gasteiger partial charge < -0.3 is 10.5 Å². The summed E-state index contributed by atoms with van der Waals surface area (Å²) in [5.74, 6) is 1.50. The lowest BCUT2D eigenvalue weighted by atomic mass is 9.57. The van der Waals surface area contributed by atoms with Gasteiger partial charge in [-0.05, 0) is 42.4 Å². The van der Waals surface area contributed by atoms with Crippen LogP contribution in [-0.4, -0.2) is 7.11 Å². The number of methoxy groups -OCH3 is 1. The van der Waals surface area contributed by atoms with Crippen molar-refractivity contribution in [3.63, 3.8) is 0 Å². The molecule has 0 aliphatic heterocycles. The number of nitrogens with two attached hydrogens (primary N) is 1. The zero-order valence-electron chi connectivity index (χ0n) is 11.6. The van der Waals surface area contributed by atoms with E-state index in [-0.39, 0.29) is 5.54 Å². The van der Waals surface area contributed by atoms with Gasteiger partial charge in [0, 0.05) is 16.1 Å². The fourth-order valence-electron chi connectivity index (χ4n) is 2.72. The molecule has 2 nitrogen and oxygen atoms in total. The average Bonchev–Trinajstić information content (AvgIpc) is 2.23. The molecule has 1 fully saturated rings. The molecular formula is C15H22ClNO. The normalized spacial score (nSPS) is 27.8. The highest BCUT2D eigenvalue weighted by atomic mass is 35.5. The van der Waals surface area contributed by atoms with Gasteiger partial charge in [0.2, 0.25) is 0 Å². The Kier molecular flexibility index (Phi) is 3.37. The summed E-state index contributed by atoms with van der Waals surface area (Å²) in [4.78, 5) is 0. The molecule has 1 saturated carbocycles. The van der Waals surface area contributed by atoms with Crippen LogP contribution in [0.2, 0.25) is 5.02 Å². The first-order chi connectivity index (χ1) is 8.26. The number of hydrogen-bond donors (Lipinski definition) is 1. The Morgan fingerprint density at radius 1 is 1.33 bits per heavy atom. The molecule has 0 saturated heterocycles. The van der Waals surface area contributed by atoms with E-state index in [9.17, 15) is 0 Å². The summed E-state index contributed by atoms with van der Waals surface area (Å²) in [6.45, 7) is 6.81. The standard InChI is InChI=1S/C15H22ClNO/c1-14(2,3)10-8-15(17,9-10)12-7-11(16)5-6-13(12)18-4/h5-7,10H,8-9,17H2,1-4H3. The highest BCUT2D eigenvalue weighted by Crippen LogP contribution is 2.53. The summed E-state index contributed by atoms with van der Waals surface area (Å²) in [7, 11) is 1.68. The lowest BCUT2D eigenvalue weighted by Gasteiger charge is -2.51. The Morgan fingerprint density at radius 3 is 2.44 bits per heavy atom. The third-order valence-electron chi connectivity index (χ3n) is 4.14. The maximum atomic E-state index is 6.52. The minimum Gasteiger partial charge on any atom is -0.496 e. The zero-order chi connectivity index (χ0) is 13.6. The first-order valence-electron chi connectivity index (χ1n) is 6.39. The van der Waals surface area contributed by atoms with Gasteiger partial charge in [0.25, 0.3) is 0 Å². The summed E-state index contributed by atoms with van der Waals surface area (Å²) < 4.78 is 5.40. The van der Waals surface area contributed by atoms with Crippen molar-refractivity contribution in [2.45, 2.75) is 39.2 Å². The van der Waals surface area contributed by atoms with Gasteiger partial charge in [-0.1, -0.05) is 32.4 Å². The molecule has 1 aromatic rings. The van der Waals surface area contributed by atoms with Crippen molar-refractivity contribution in [3.8, 4) is 5.75 Å². The van der Waals surface area contributed by atoms with Gasteiger partial charge in [-0.15, -0.1) is 0 Å². The van der Waals surface area contributed by atoms with Crippen molar-refractivity contribution >= 4 is 11.6 Å². The van der Waals surface area contributed by atoms with Crippen LogP contribution >= 0.6 is 11.6 Å². The molecule has 1 aliphatic carbocycles. The molecule has 0 unspecified atom stereocenters. The SMILES string of the molecule is COc1ccc(Cl)cc1C1(N)CC(C(C)(C)C)C1. The predicted molar refractivity (Wildman–Crippen MR) is 76.0 cm³/mol. The molecule has 1 aromatic carbocycles. The highest BCUT2D eigenvalue weighted by Gasteiger charge is 2.48. The van der Waals surface area contributed by atoms with Gasteiger partial charge in [0.1, 0.15) is 5.75 Å². The number of hydrogen-bond acceptors (Lipinski definition) is 2. The van der Waals surface area contributed by atoms with Crippen molar-refractivity contribution in [1.29, 1.82) is 0 Å². The Morgan fingerprint density at radius 2 is 1.94 bits per heavy atom. The van der Waals surface area contributed by atoms with E-state index in [1.54, 1.807) is 7.11 Å². The fourth-order valence-corrected chi connectivity index (χ4v) is 2.89. The molecular weight excluding hydrogens is 246 g/mol. The van der Waals surface area contributed by atoms with Crippen LogP contribution in [0.1, 0.15) is 39.2 Å². The van der Waals surface area contributed by atoms with Crippen LogP contribution in [0.3, 0.4) is 0 Å². The largest absolute Gasteiger partial charge is 0.496 e. The minimum atomic E-state index is -0.284. The quantitative estimate of drug-likeness (QED) is 0.880. The summed E-state index contributed by atoms with van der Waals surface area (Å²) >= 11 is 6.08. The van der Waals surface area contributed by atoms with Gasteiger partial charge in [0.05, 0.1) is 7.11 Å². The highest BCUT2D eigenvalue weighted by molar-refractivity contribution is 6.30. The topological polar surface area (TPSA) is 35.2 Å². The summed E-state index contributed by atoms with van der Waals surface area (Å²) in [5, 5.41) is 0.717. The van der Waals surface area contributed by atoms with Crippen molar-refractivity contribution in [1.82, 2.24) is 0 Å². The van der Waals surface area contributed by atoms with E-state index in [1.807, 2.05) is 18.2 Å². The van der Waals surface area contributed by atoms with Crippen LogP contribution in [0.25, 0.3) is 0 Å². The first kappa shape index (κ1) is 13.7.